The van der Waals surface area contributed by atoms with Gasteiger partial charge in [-0.2, -0.15) is 0 Å². The van der Waals surface area contributed by atoms with Crippen LogP contribution in [-0.4, -0.2) is 71.7 Å². The molecule has 0 radical (unpaired) electrons. The third kappa shape index (κ3) is 3.72. The maximum absolute atomic E-state index is 12.7. The highest BCUT2D eigenvalue weighted by Gasteiger charge is 2.47. The molecule has 9 heteroatoms. The molecule has 1 fully saturated rings. The van der Waals surface area contributed by atoms with Crippen LogP contribution in [0.2, 0.25) is 0 Å². The van der Waals surface area contributed by atoms with Crippen molar-refractivity contribution < 1.29 is 19.1 Å². The fourth-order valence-electron chi connectivity index (χ4n) is 4.13. The molecule has 0 aliphatic carbocycles. The number of piperidine rings is 1. The Morgan fingerprint density at radius 3 is 2.77 bits per heavy atom. The van der Waals surface area contributed by atoms with E-state index in [-0.39, 0.29) is 11.9 Å². The molecule has 1 spiro atoms. The van der Waals surface area contributed by atoms with E-state index in [0.29, 0.717) is 43.9 Å². The number of benzene rings is 1. The molecule has 2 aliphatic heterocycles. The van der Waals surface area contributed by atoms with Crippen molar-refractivity contribution in [3.05, 3.63) is 42.5 Å². The fourth-order valence-corrected chi connectivity index (χ4v) is 4.13. The summed E-state index contributed by atoms with van der Waals surface area (Å²) in [5, 5.41) is 2.92. The van der Waals surface area contributed by atoms with Crippen LogP contribution in [0, 0.1) is 0 Å². The van der Waals surface area contributed by atoms with Gasteiger partial charge >= 0.3 is 6.03 Å². The van der Waals surface area contributed by atoms with Crippen molar-refractivity contribution in [2.24, 2.45) is 0 Å². The molecule has 3 amide bonds. The smallest absolute Gasteiger partial charge is 0.321 e. The minimum atomic E-state index is -0.662. The Hall–Kier alpha value is -3.07. The lowest BCUT2D eigenvalue weighted by atomic mass is 9.88. The normalized spacial score (nSPS) is 19.8. The highest BCUT2D eigenvalue weighted by Crippen LogP contribution is 2.40. The summed E-state index contributed by atoms with van der Waals surface area (Å²) in [6, 6.07) is 7.09. The number of hydrogen-bond acceptors (Lipinski definition) is 5. The number of anilines is 1. The lowest BCUT2D eigenvalue weighted by Crippen LogP contribution is -2.55. The second kappa shape index (κ2) is 7.98. The molecule has 1 unspecified atom stereocenters. The fraction of sp³-hybridized carbons (Fsp3) is 0.476. The maximum Gasteiger partial charge on any atom is 0.321 e. The third-order valence-corrected chi connectivity index (χ3v) is 5.75. The molecule has 1 N–H and O–H groups in total. The van der Waals surface area contributed by atoms with Crippen molar-refractivity contribution in [2.45, 2.75) is 31.1 Å². The number of nitrogens with one attached hydrogen (secondary N) is 1. The second-order valence-electron chi connectivity index (χ2n) is 7.89. The summed E-state index contributed by atoms with van der Waals surface area (Å²) >= 11 is 0. The van der Waals surface area contributed by atoms with Crippen LogP contribution in [0.4, 0.5) is 10.5 Å². The van der Waals surface area contributed by atoms with Crippen molar-refractivity contribution in [3.8, 4) is 5.75 Å². The lowest BCUT2D eigenvalue weighted by molar-refractivity contribution is -0.177. The zero-order valence-corrected chi connectivity index (χ0v) is 17.5. The van der Waals surface area contributed by atoms with E-state index in [9.17, 15) is 9.59 Å². The molecule has 4 rings (SSSR count). The van der Waals surface area contributed by atoms with Gasteiger partial charge in [-0.1, -0.05) is 6.07 Å². The average Bonchev–Trinajstić information content (AvgIpc) is 3.23. The van der Waals surface area contributed by atoms with Gasteiger partial charge in [0.15, 0.2) is 6.10 Å². The number of likely N-dealkylation sites (N-methyl/N-ethyl adjacent to an activating group) is 1. The van der Waals surface area contributed by atoms with E-state index in [1.165, 1.54) is 0 Å². The number of methoxy groups -OCH3 is 1. The number of ether oxygens (including phenoxy) is 2. The predicted molar refractivity (Wildman–Crippen MR) is 110 cm³/mol. The zero-order valence-electron chi connectivity index (χ0n) is 17.5. The van der Waals surface area contributed by atoms with Crippen LogP contribution in [-0.2, 0) is 21.7 Å². The summed E-state index contributed by atoms with van der Waals surface area (Å²) in [5.41, 5.74) is 0.0194. The van der Waals surface area contributed by atoms with Crippen LogP contribution < -0.4 is 10.1 Å². The molecule has 30 heavy (non-hydrogen) atoms. The number of nitrogens with zero attached hydrogens (tertiary/aromatic N) is 4. The van der Waals surface area contributed by atoms with Gasteiger partial charge in [-0.15, -0.1) is 0 Å². The molecule has 160 valence electrons. The van der Waals surface area contributed by atoms with Crippen molar-refractivity contribution in [1.82, 2.24) is 19.4 Å². The monoisotopic (exact) mass is 413 g/mol. The number of carbonyl (C=O) groups excluding carboxylic acids is 2. The molecule has 9 nitrogen and oxygen atoms in total. The Morgan fingerprint density at radius 2 is 2.07 bits per heavy atom. The highest BCUT2D eigenvalue weighted by molar-refractivity contribution is 5.89. The van der Waals surface area contributed by atoms with Gasteiger partial charge in [0, 0.05) is 64.2 Å². The third-order valence-electron chi connectivity index (χ3n) is 5.75. The molecule has 1 saturated heterocycles. The standard InChI is InChI=1S/C21H27N5O4/c1-24(2)18(27)17-14-26-12-9-22-19(26)21(30-17)7-10-25(11-8-21)20(28)23-15-5-4-6-16(13-15)29-3/h4-6,9,12-13,17H,7-8,10-11,14H2,1-3H3,(H,23,28). The van der Waals surface area contributed by atoms with Gasteiger partial charge in [0.1, 0.15) is 17.2 Å². The molecular weight excluding hydrogens is 386 g/mol. The number of urea groups is 1. The second-order valence-corrected chi connectivity index (χ2v) is 7.89. The first-order valence-corrected chi connectivity index (χ1v) is 10.0. The van der Waals surface area contributed by atoms with Crippen molar-refractivity contribution in [3.63, 3.8) is 0 Å². The molecule has 0 saturated carbocycles. The topological polar surface area (TPSA) is 88.9 Å². The van der Waals surface area contributed by atoms with E-state index in [4.69, 9.17) is 9.47 Å². The van der Waals surface area contributed by atoms with Crippen molar-refractivity contribution >= 4 is 17.6 Å². The van der Waals surface area contributed by atoms with E-state index >= 15 is 0 Å². The van der Waals surface area contributed by atoms with Crippen molar-refractivity contribution in [1.29, 1.82) is 0 Å². The van der Waals surface area contributed by atoms with Crippen LogP contribution in [0.15, 0.2) is 36.7 Å². The first-order chi connectivity index (χ1) is 14.4. The summed E-state index contributed by atoms with van der Waals surface area (Å²) in [6.07, 6.45) is 4.22. The summed E-state index contributed by atoms with van der Waals surface area (Å²) < 4.78 is 13.6. The van der Waals surface area contributed by atoms with Gasteiger partial charge in [0.2, 0.25) is 0 Å². The Balaban J connectivity index is 1.46. The van der Waals surface area contributed by atoms with Gasteiger partial charge < -0.3 is 29.2 Å². The Kier molecular flexibility index (Phi) is 5.38. The maximum atomic E-state index is 12.7. The molecule has 1 aromatic heterocycles. The molecule has 3 heterocycles. The summed E-state index contributed by atoms with van der Waals surface area (Å²) in [5.74, 6) is 1.45. The van der Waals surface area contributed by atoms with Gasteiger partial charge in [-0.3, -0.25) is 4.79 Å². The number of imidazole rings is 1. The number of likely N-dealkylation sites (tertiary alicyclic amines) is 1. The Bertz CT molecular complexity index is 933. The number of rotatable bonds is 3. The van der Waals surface area contributed by atoms with Gasteiger partial charge in [-0.05, 0) is 12.1 Å². The number of fused-ring (bicyclic) bond motifs is 2. The molecule has 2 aromatic rings. The molecule has 1 atom stereocenters. The van der Waals surface area contributed by atoms with E-state index < -0.39 is 11.7 Å². The minimum Gasteiger partial charge on any atom is -0.497 e. The van der Waals surface area contributed by atoms with Gasteiger partial charge in [-0.25, -0.2) is 9.78 Å². The van der Waals surface area contributed by atoms with E-state index in [2.05, 4.69) is 10.3 Å². The zero-order chi connectivity index (χ0) is 21.3. The van der Waals surface area contributed by atoms with Crippen LogP contribution in [0.5, 0.6) is 5.75 Å². The van der Waals surface area contributed by atoms with Crippen LogP contribution >= 0.6 is 0 Å². The molecule has 2 aliphatic rings. The Labute approximate surface area is 175 Å². The summed E-state index contributed by atoms with van der Waals surface area (Å²) in [6.45, 7) is 1.46. The van der Waals surface area contributed by atoms with Gasteiger partial charge in [0.25, 0.3) is 5.91 Å². The SMILES string of the molecule is COc1cccc(NC(=O)N2CCC3(CC2)OC(C(=O)N(C)C)Cn2ccnc23)c1. The van der Waals surface area contributed by atoms with Crippen molar-refractivity contribution in [2.75, 3.05) is 39.6 Å². The first kappa shape index (κ1) is 20.2. The number of carbonyl (C=O) groups is 2. The lowest BCUT2D eigenvalue weighted by Gasteiger charge is -2.45. The molecule has 0 bridgehead atoms. The number of aromatic nitrogens is 2. The number of hydrogen-bond donors (Lipinski definition) is 1. The summed E-state index contributed by atoms with van der Waals surface area (Å²) in [7, 11) is 5.05. The van der Waals surface area contributed by atoms with Crippen LogP contribution in [0.1, 0.15) is 18.7 Å². The summed E-state index contributed by atoms with van der Waals surface area (Å²) in [4.78, 5) is 33.1. The molecule has 1 aromatic carbocycles. The largest absolute Gasteiger partial charge is 0.497 e. The Morgan fingerprint density at radius 1 is 1.30 bits per heavy atom. The van der Waals surface area contributed by atoms with Gasteiger partial charge in [0.05, 0.1) is 13.7 Å². The predicted octanol–water partition coefficient (Wildman–Crippen LogP) is 1.90. The van der Waals surface area contributed by atoms with Crippen LogP contribution in [0.25, 0.3) is 0 Å². The van der Waals surface area contributed by atoms with Crippen LogP contribution in [0.3, 0.4) is 0 Å². The number of amides is 3. The van der Waals surface area contributed by atoms with E-state index in [1.54, 1.807) is 43.3 Å². The highest BCUT2D eigenvalue weighted by atomic mass is 16.5. The minimum absolute atomic E-state index is 0.0630. The first-order valence-electron chi connectivity index (χ1n) is 10.0. The molecular formula is C21H27N5O4. The quantitative estimate of drug-likeness (QED) is 0.830. The van der Waals surface area contributed by atoms with E-state index in [0.717, 1.165) is 5.82 Å². The average molecular weight is 413 g/mol. The van der Waals surface area contributed by atoms with E-state index in [1.807, 2.05) is 29.0 Å².